The van der Waals surface area contributed by atoms with E-state index in [1.54, 1.807) is 30.3 Å². The number of benzene rings is 2. The van der Waals surface area contributed by atoms with Crippen molar-refractivity contribution in [2.75, 3.05) is 5.73 Å². The van der Waals surface area contributed by atoms with E-state index in [1.807, 2.05) is 0 Å². The van der Waals surface area contributed by atoms with Crippen molar-refractivity contribution in [3.8, 4) is 22.6 Å². The van der Waals surface area contributed by atoms with E-state index in [4.69, 9.17) is 10.3 Å². The summed E-state index contributed by atoms with van der Waals surface area (Å²) in [5, 5.41) is 24.7. The monoisotopic (exact) mass is 242 g/mol. The van der Waals surface area contributed by atoms with Crippen molar-refractivity contribution in [2.45, 2.75) is 0 Å². The Balaban J connectivity index is 2.43. The number of phenols is 2. The van der Waals surface area contributed by atoms with Crippen molar-refractivity contribution in [1.29, 1.82) is 0 Å². The van der Waals surface area contributed by atoms with Gasteiger partial charge < -0.3 is 20.5 Å². The summed E-state index contributed by atoms with van der Waals surface area (Å²) in [5.41, 5.74) is 6.67. The fourth-order valence-corrected chi connectivity index (χ4v) is 2.02. The van der Waals surface area contributed by atoms with Gasteiger partial charge in [-0.3, -0.25) is 0 Å². The molecule has 0 bridgehead atoms. The molecule has 0 spiro atoms. The van der Waals surface area contributed by atoms with Gasteiger partial charge in [0.25, 0.3) is 0 Å². The molecular weight excluding hydrogens is 232 g/mol. The van der Waals surface area contributed by atoms with Crippen LogP contribution in [0.15, 0.2) is 41.1 Å². The summed E-state index contributed by atoms with van der Waals surface area (Å²) < 4.78 is 4.81. The molecule has 0 unspecified atom stereocenters. The van der Waals surface area contributed by atoms with Gasteiger partial charge in [-0.15, -0.1) is 0 Å². The van der Waals surface area contributed by atoms with E-state index in [9.17, 15) is 10.2 Å². The number of phenolic OH excluding ortho intramolecular Hbond substituents is 2. The van der Waals surface area contributed by atoms with Gasteiger partial charge in [0.15, 0.2) is 0 Å². The predicted octanol–water partition coefficient (Wildman–Crippen LogP) is 2.49. The van der Waals surface area contributed by atoms with Gasteiger partial charge in [0.05, 0.1) is 11.8 Å². The van der Waals surface area contributed by atoms with Crippen molar-refractivity contribution in [3.05, 3.63) is 36.5 Å². The smallest absolute Gasteiger partial charge is 0.230 e. The Morgan fingerprint density at radius 2 is 1.89 bits per heavy atom. The highest BCUT2D eigenvalue weighted by atomic mass is 16.5. The molecule has 0 saturated heterocycles. The second-order valence-electron chi connectivity index (χ2n) is 3.97. The number of anilines is 1. The number of hydrogen-bond acceptors (Lipinski definition) is 5. The molecule has 0 radical (unpaired) electrons. The van der Waals surface area contributed by atoms with E-state index in [1.165, 1.54) is 6.20 Å². The molecule has 5 heteroatoms. The summed E-state index contributed by atoms with van der Waals surface area (Å²) in [6, 6.07) is 8.24. The molecule has 90 valence electrons. The Morgan fingerprint density at radius 3 is 2.61 bits per heavy atom. The first-order valence-corrected chi connectivity index (χ1v) is 5.32. The lowest BCUT2D eigenvalue weighted by Crippen LogP contribution is -1.87. The first-order chi connectivity index (χ1) is 8.66. The summed E-state index contributed by atoms with van der Waals surface area (Å²) >= 11 is 0. The Kier molecular flexibility index (Phi) is 2.13. The molecule has 3 rings (SSSR count). The van der Waals surface area contributed by atoms with Gasteiger partial charge in [-0.1, -0.05) is 17.3 Å². The summed E-state index contributed by atoms with van der Waals surface area (Å²) in [5.74, 6) is 0.300. The molecule has 1 heterocycles. The third-order valence-corrected chi connectivity index (χ3v) is 2.85. The van der Waals surface area contributed by atoms with E-state index in [0.717, 1.165) is 5.39 Å². The van der Waals surface area contributed by atoms with E-state index in [-0.39, 0.29) is 17.4 Å². The van der Waals surface area contributed by atoms with Gasteiger partial charge >= 0.3 is 0 Å². The fraction of sp³-hybridized carbons (Fsp3) is 0. The zero-order valence-electron chi connectivity index (χ0n) is 9.29. The van der Waals surface area contributed by atoms with Gasteiger partial charge in [-0.05, 0) is 29.0 Å². The molecule has 0 aliphatic carbocycles. The second kappa shape index (κ2) is 3.66. The number of rotatable bonds is 1. The number of nitrogens with two attached hydrogens (primary N) is 1. The number of nitrogen functional groups attached to an aromatic ring is 1. The van der Waals surface area contributed by atoms with Crippen LogP contribution in [0.3, 0.4) is 0 Å². The van der Waals surface area contributed by atoms with Gasteiger partial charge in [0, 0.05) is 5.56 Å². The molecule has 0 fully saturated rings. The highest BCUT2D eigenvalue weighted by molar-refractivity contribution is 6.01. The summed E-state index contributed by atoms with van der Waals surface area (Å²) in [4.78, 5) is 0. The van der Waals surface area contributed by atoms with Gasteiger partial charge in [-0.2, -0.15) is 0 Å². The van der Waals surface area contributed by atoms with Crippen LogP contribution in [0.2, 0.25) is 0 Å². The predicted molar refractivity (Wildman–Crippen MR) is 67.2 cm³/mol. The lowest BCUT2D eigenvalue weighted by Gasteiger charge is -2.08. The lowest BCUT2D eigenvalue weighted by molar-refractivity contribution is 0.436. The average molecular weight is 242 g/mol. The van der Waals surface area contributed by atoms with E-state index in [0.29, 0.717) is 16.5 Å². The number of fused-ring (bicyclic) bond motifs is 1. The van der Waals surface area contributed by atoms with Crippen LogP contribution >= 0.6 is 0 Å². The molecule has 3 aromatic rings. The number of aromatic hydroxyl groups is 2. The maximum atomic E-state index is 9.99. The maximum absolute atomic E-state index is 9.99. The molecule has 2 aromatic carbocycles. The summed E-state index contributed by atoms with van der Waals surface area (Å²) in [7, 11) is 0. The summed E-state index contributed by atoms with van der Waals surface area (Å²) in [6.45, 7) is 0. The SMILES string of the molecule is Nc1oncc1-c1c(O)ccc2ccc(O)cc12. The Labute approximate surface area is 102 Å². The number of nitrogens with zero attached hydrogens (tertiary/aromatic N) is 1. The fourth-order valence-electron chi connectivity index (χ4n) is 2.02. The molecule has 0 aliphatic heterocycles. The molecule has 0 amide bonds. The first kappa shape index (κ1) is 10.5. The lowest BCUT2D eigenvalue weighted by atomic mass is 9.99. The minimum atomic E-state index is 0.0583. The second-order valence-corrected chi connectivity index (χ2v) is 3.97. The largest absolute Gasteiger partial charge is 0.508 e. The Hall–Kier alpha value is -2.69. The van der Waals surface area contributed by atoms with Crippen LogP contribution in [0, 0.1) is 0 Å². The minimum absolute atomic E-state index is 0.0583. The quantitative estimate of drug-likeness (QED) is 0.609. The zero-order chi connectivity index (χ0) is 12.7. The number of aromatic nitrogens is 1. The highest BCUT2D eigenvalue weighted by Gasteiger charge is 2.15. The zero-order valence-corrected chi connectivity index (χ0v) is 9.29. The van der Waals surface area contributed by atoms with Crippen molar-refractivity contribution in [3.63, 3.8) is 0 Å². The topological polar surface area (TPSA) is 92.5 Å². The van der Waals surface area contributed by atoms with Crippen molar-refractivity contribution in [2.24, 2.45) is 0 Å². The average Bonchev–Trinajstić information content (AvgIpc) is 2.75. The normalized spacial score (nSPS) is 10.9. The highest BCUT2D eigenvalue weighted by Crippen LogP contribution is 2.39. The van der Waals surface area contributed by atoms with Crippen molar-refractivity contribution < 1.29 is 14.7 Å². The van der Waals surface area contributed by atoms with Gasteiger partial charge in [0.1, 0.15) is 11.5 Å². The molecule has 0 aliphatic rings. The molecule has 18 heavy (non-hydrogen) atoms. The van der Waals surface area contributed by atoms with Crippen LogP contribution < -0.4 is 5.73 Å². The Bertz CT molecular complexity index is 729. The van der Waals surface area contributed by atoms with Crippen LogP contribution in [0.25, 0.3) is 21.9 Å². The molecule has 0 atom stereocenters. The van der Waals surface area contributed by atoms with Gasteiger partial charge in [0.2, 0.25) is 5.88 Å². The van der Waals surface area contributed by atoms with E-state index < -0.39 is 0 Å². The molecular formula is C13H10N2O3. The third kappa shape index (κ3) is 1.45. The standard InChI is InChI=1S/C13H10N2O3/c14-13-10(6-15-18-13)12-9-5-8(16)3-1-7(9)2-4-11(12)17/h1-6,16-17H,14H2. The minimum Gasteiger partial charge on any atom is -0.508 e. The molecule has 1 aromatic heterocycles. The van der Waals surface area contributed by atoms with Crippen LogP contribution in [-0.4, -0.2) is 15.4 Å². The van der Waals surface area contributed by atoms with Crippen LogP contribution in [0.1, 0.15) is 0 Å². The van der Waals surface area contributed by atoms with E-state index >= 15 is 0 Å². The first-order valence-electron chi connectivity index (χ1n) is 5.32. The van der Waals surface area contributed by atoms with Crippen molar-refractivity contribution in [1.82, 2.24) is 5.16 Å². The molecule has 0 saturated carbocycles. The van der Waals surface area contributed by atoms with Crippen LogP contribution in [-0.2, 0) is 0 Å². The van der Waals surface area contributed by atoms with Gasteiger partial charge in [-0.25, -0.2) is 0 Å². The van der Waals surface area contributed by atoms with Crippen LogP contribution in [0.5, 0.6) is 11.5 Å². The number of hydrogen-bond donors (Lipinski definition) is 3. The van der Waals surface area contributed by atoms with Crippen LogP contribution in [0.4, 0.5) is 5.88 Å². The van der Waals surface area contributed by atoms with E-state index in [2.05, 4.69) is 5.16 Å². The molecule has 5 nitrogen and oxygen atoms in total. The molecule has 4 N–H and O–H groups in total. The third-order valence-electron chi connectivity index (χ3n) is 2.85. The maximum Gasteiger partial charge on any atom is 0.230 e. The Morgan fingerprint density at radius 1 is 1.11 bits per heavy atom. The van der Waals surface area contributed by atoms with Crippen molar-refractivity contribution >= 4 is 16.7 Å². The summed E-state index contributed by atoms with van der Waals surface area (Å²) in [6.07, 6.45) is 1.44.